The zero-order valence-corrected chi connectivity index (χ0v) is 11.6. The number of nitriles is 1. The molecule has 3 heteroatoms. The number of nitrogens with two attached hydrogens (primary N) is 1. The first-order chi connectivity index (χ1) is 8.95. The molecule has 2 N–H and O–H groups in total. The highest BCUT2D eigenvalue weighted by atomic mass is 19.1. The molecule has 0 aliphatic heterocycles. The Morgan fingerprint density at radius 1 is 1.42 bits per heavy atom. The Morgan fingerprint density at radius 3 is 2.74 bits per heavy atom. The minimum Gasteiger partial charge on any atom is -0.396 e. The zero-order valence-electron chi connectivity index (χ0n) is 11.6. The molecule has 2 unspecified atom stereocenters. The van der Waals surface area contributed by atoms with Crippen molar-refractivity contribution in [3.8, 4) is 6.07 Å². The van der Waals surface area contributed by atoms with Crippen LogP contribution in [0.3, 0.4) is 0 Å². The first-order valence-electron chi connectivity index (χ1n) is 6.61. The molecule has 1 aliphatic carbocycles. The number of hydrogen-bond acceptors (Lipinski definition) is 2. The van der Waals surface area contributed by atoms with E-state index in [4.69, 9.17) is 5.73 Å². The van der Waals surface area contributed by atoms with Gasteiger partial charge in [0.05, 0.1) is 11.3 Å². The van der Waals surface area contributed by atoms with Gasteiger partial charge in [-0.2, -0.15) is 5.26 Å². The molecule has 0 radical (unpaired) electrons. The predicted octanol–water partition coefficient (Wildman–Crippen LogP) is 4.05. The van der Waals surface area contributed by atoms with Crippen molar-refractivity contribution in [3.05, 3.63) is 40.2 Å². The Labute approximate surface area is 113 Å². The molecule has 1 aromatic rings. The van der Waals surface area contributed by atoms with E-state index in [9.17, 15) is 9.65 Å². The van der Waals surface area contributed by atoms with Crippen LogP contribution in [-0.4, -0.2) is 0 Å². The molecule has 0 saturated carbocycles. The number of benzene rings is 1. The highest BCUT2D eigenvalue weighted by Gasteiger charge is 2.27. The molecule has 0 saturated heterocycles. The normalized spacial score (nSPS) is 22.8. The van der Waals surface area contributed by atoms with Crippen molar-refractivity contribution in [1.82, 2.24) is 0 Å². The highest BCUT2D eigenvalue weighted by molar-refractivity contribution is 5.57. The van der Waals surface area contributed by atoms with E-state index in [1.54, 1.807) is 6.07 Å². The van der Waals surface area contributed by atoms with E-state index in [1.165, 1.54) is 5.57 Å². The summed E-state index contributed by atoms with van der Waals surface area (Å²) in [5.41, 5.74) is 8.80. The second-order valence-electron chi connectivity index (χ2n) is 5.55. The van der Waals surface area contributed by atoms with E-state index < -0.39 is 5.82 Å². The molecule has 1 aromatic carbocycles. The molecule has 19 heavy (non-hydrogen) atoms. The van der Waals surface area contributed by atoms with E-state index in [2.05, 4.69) is 19.9 Å². The number of anilines is 1. The number of allylic oxidation sites excluding steroid dienone is 2. The molecule has 0 heterocycles. The Morgan fingerprint density at radius 2 is 2.11 bits per heavy atom. The summed E-state index contributed by atoms with van der Waals surface area (Å²) in [6.07, 6.45) is 4.33. The van der Waals surface area contributed by atoms with Crippen molar-refractivity contribution in [2.75, 3.05) is 5.73 Å². The fourth-order valence-electron chi connectivity index (χ4n) is 2.93. The summed E-state index contributed by atoms with van der Waals surface area (Å²) < 4.78 is 14.1. The monoisotopic (exact) mass is 258 g/mol. The van der Waals surface area contributed by atoms with Crippen LogP contribution in [0.5, 0.6) is 0 Å². The Hall–Kier alpha value is -1.82. The third-order valence-electron chi connectivity index (χ3n) is 4.06. The average molecular weight is 258 g/mol. The van der Waals surface area contributed by atoms with Crippen molar-refractivity contribution >= 4 is 5.69 Å². The van der Waals surface area contributed by atoms with E-state index in [0.717, 1.165) is 24.0 Å². The standard InChI is InChI=1S/C16H19FN2/c1-9-4-5-10(2)12(6-9)15-11(3)7-14(19)16(17)13(15)8-18/h6-7,10,12H,4-5,19H2,1-3H3. The molecule has 100 valence electrons. The predicted molar refractivity (Wildman–Crippen MR) is 75.2 cm³/mol. The van der Waals surface area contributed by atoms with Crippen molar-refractivity contribution in [3.63, 3.8) is 0 Å². The van der Waals surface area contributed by atoms with Crippen molar-refractivity contribution in [2.24, 2.45) is 5.92 Å². The lowest BCUT2D eigenvalue weighted by molar-refractivity contribution is 0.455. The molecule has 0 fully saturated rings. The van der Waals surface area contributed by atoms with Gasteiger partial charge in [-0.15, -0.1) is 0 Å². The van der Waals surface area contributed by atoms with Gasteiger partial charge in [-0.05, 0) is 49.8 Å². The zero-order chi connectivity index (χ0) is 14.2. The quantitative estimate of drug-likeness (QED) is 0.610. The molecule has 1 aliphatic rings. The van der Waals surface area contributed by atoms with Crippen molar-refractivity contribution in [1.29, 1.82) is 5.26 Å². The van der Waals surface area contributed by atoms with Crippen LogP contribution in [0, 0.1) is 30.0 Å². The topological polar surface area (TPSA) is 49.8 Å². The third kappa shape index (κ3) is 2.35. The summed E-state index contributed by atoms with van der Waals surface area (Å²) in [7, 11) is 0. The summed E-state index contributed by atoms with van der Waals surface area (Å²) in [4.78, 5) is 0. The van der Waals surface area contributed by atoms with Gasteiger partial charge in [-0.25, -0.2) is 4.39 Å². The maximum Gasteiger partial charge on any atom is 0.164 e. The second kappa shape index (κ2) is 5.05. The van der Waals surface area contributed by atoms with Crippen LogP contribution in [0.2, 0.25) is 0 Å². The van der Waals surface area contributed by atoms with Crippen LogP contribution >= 0.6 is 0 Å². The lowest BCUT2D eigenvalue weighted by Crippen LogP contribution is -2.16. The minimum absolute atomic E-state index is 0.0574. The Balaban J connectivity index is 2.66. The SMILES string of the molecule is CC1=CC(c2c(C)cc(N)c(F)c2C#N)C(C)CC1. The second-order valence-corrected chi connectivity index (χ2v) is 5.55. The van der Waals surface area contributed by atoms with Crippen LogP contribution in [-0.2, 0) is 0 Å². The van der Waals surface area contributed by atoms with Gasteiger partial charge in [0.25, 0.3) is 0 Å². The maximum atomic E-state index is 14.1. The lowest BCUT2D eigenvalue weighted by atomic mass is 9.75. The summed E-state index contributed by atoms with van der Waals surface area (Å²) in [6, 6.07) is 3.63. The van der Waals surface area contributed by atoms with Gasteiger partial charge in [-0.3, -0.25) is 0 Å². The number of halogens is 1. The van der Waals surface area contributed by atoms with Crippen LogP contribution < -0.4 is 5.73 Å². The number of aryl methyl sites for hydroxylation is 1. The molecule has 2 rings (SSSR count). The van der Waals surface area contributed by atoms with E-state index >= 15 is 0 Å². The Bertz CT molecular complexity index is 581. The smallest absolute Gasteiger partial charge is 0.164 e. The molecule has 2 nitrogen and oxygen atoms in total. The molecule has 0 aromatic heterocycles. The van der Waals surface area contributed by atoms with Gasteiger partial charge in [0, 0.05) is 5.92 Å². The number of nitrogens with zero attached hydrogens (tertiary/aromatic N) is 1. The highest BCUT2D eigenvalue weighted by Crippen LogP contribution is 2.40. The van der Waals surface area contributed by atoms with Crippen molar-refractivity contribution < 1.29 is 4.39 Å². The lowest BCUT2D eigenvalue weighted by Gasteiger charge is -2.29. The number of rotatable bonds is 1. The summed E-state index contributed by atoms with van der Waals surface area (Å²) in [5, 5.41) is 9.26. The van der Waals surface area contributed by atoms with Crippen LogP contribution in [0.4, 0.5) is 10.1 Å². The summed E-state index contributed by atoms with van der Waals surface area (Å²) in [6.45, 7) is 6.15. The first kappa shape index (κ1) is 13.6. The van der Waals surface area contributed by atoms with Crippen molar-refractivity contribution in [2.45, 2.75) is 39.5 Å². The van der Waals surface area contributed by atoms with Crippen LogP contribution in [0.1, 0.15) is 49.3 Å². The number of hydrogen-bond donors (Lipinski definition) is 1. The van der Waals surface area contributed by atoms with Crippen LogP contribution in [0.25, 0.3) is 0 Å². The van der Waals surface area contributed by atoms with Gasteiger partial charge < -0.3 is 5.73 Å². The average Bonchev–Trinajstić information content (AvgIpc) is 2.36. The fraction of sp³-hybridized carbons (Fsp3) is 0.438. The van der Waals surface area contributed by atoms with E-state index in [0.29, 0.717) is 5.92 Å². The molecule has 0 amide bonds. The van der Waals surface area contributed by atoms with Gasteiger partial charge in [-0.1, -0.05) is 18.6 Å². The molecular formula is C16H19FN2. The van der Waals surface area contributed by atoms with E-state index in [1.807, 2.05) is 13.0 Å². The Kier molecular flexibility index (Phi) is 3.61. The minimum atomic E-state index is -0.577. The van der Waals surface area contributed by atoms with Gasteiger partial charge in [0.15, 0.2) is 5.82 Å². The molecule has 2 atom stereocenters. The van der Waals surface area contributed by atoms with Crippen LogP contribution in [0.15, 0.2) is 17.7 Å². The third-order valence-corrected chi connectivity index (χ3v) is 4.06. The van der Waals surface area contributed by atoms with E-state index in [-0.39, 0.29) is 17.2 Å². The molecule has 0 bridgehead atoms. The van der Waals surface area contributed by atoms with Gasteiger partial charge >= 0.3 is 0 Å². The molecule has 0 spiro atoms. The summed E-state index contributed by atoms with van der Waals surface area (Å²) >= 11 is 0. The summed E-state index contributed by atoms with van der Waals surface area (Å²) in [5.74, 6) is -0.0528. The van der Waals surface area contributed by atoms with Gasteiger partial charge in [0.2, 0.25) is 0 Å². The fourth-order valence-corrected chi connectivity index (χ4v) is 2.93. The first-order valence-corrected chi connectivity index (χ1v) is 6.61. The van der Waals surface area contributed by atoms with Gasteiger partial charge in [0.1, 0.15) is 6.07 Å². The molecular weight excluding hydrogens is 239 g/mol. The maximum absolute atomic E-state index is 14.1. The number of nitrogen functional groups attached to an aromatic ring is 1. The largest absolute Gasteiger partial charge is 0.396 e.